The van der Waals surface area contributed by atoms with Crippen molar-refractivity contribution in [3.8, 4) is 0 Å². The van der Waals surface area contributed by atoms with Crippen molar-refractivity contribution in [2.75, 3.05) is 14.1 Å². The van der Waals surface area contributed by atoms with Crippen molar-refractivity contribution in [2.24, 2.45) is 0 Å². The number of thioether (sulfide) groups is 1. The van der Waals surface area contributed by atoms with Crippen molar-refractivity contribution in [1.29, 1.82) is 0 Å². The van der Waals surface area contributed by atoms with Gasteiger partial charge >= 0.3 is 0 Å². The zero-order valence-electron chi connectivity index (χ0n) is 15.4. The van der Waals surface area contributed by atoms with E-state index in [1.807, 2.05) is 68.4 Å². The number of hydrogen-bond acceptors (Lipinski definition) is 4. The molecule has 2 aromatic rings. The smallest absolute Gasteiger partial charge is 0.183 e. The molecule has 2 aromatic carbocycles. The van der Waals surface area contributed by atoms with Crippen LogP contribution in [0.3, 0.4) is 0 Å². The zero-order chi connectivity index (χ0) is 18.4. The van der Waals surface area contributed by atoms with Gasteiger partial charge in [0.1, 0.15) is 0 Å². The maximum Gasteiger partial charge on any atom is 0.183 e. The topological polar surface area (TPSA) is 20.3 Å². The minimum absolute atomic E-state index is 0.149. The number of carbonyl (C=O) groups excluding carboxylic acids is 1. The van der Waals surface area contributed by atoms with Gasteiger partial charge in [0, 0.05) is 10.5 Å². The van der Waals surface area contributed by atoms with Crippen LogP contribution in [0.4, 0.5) is 0 Å². The summed E-state index contributed by atoms with van der Waals surface area (Å²) >= 11 is 6.25. The molecule has 2 atom stereocenters. The Hall–Kier alpha value is -1.23. The van der Waals surface area contributed by atoms with Gasteiger partial charge in [0.15, 0.2) is 5.78 Å². The molecule has 0 aliphatic carbocycles. The first-order chi connectivity index (χ1) is 11.9. The van der Waals surface area contributed by atoms with Crippen LogP contribution in [0.25, 0.3) is 0 Å². The van der Waals surface area contributed by atoms with Gasteiger partial charge in [0.2, 0.25) is 0 Å². The van der Waals surface area contributed by atoms with E-state index in [1.165, 1.54) is 5.56 Å². The Labute approximate surface area is 161 Å². The van der Waals surface area contributed by atoms with Crippen LogP contribution in [0.15, 0.2) is 59.5 Å². The van der Waals surface area contributed by atoms with Gasteiger partial charge in [0.25, 0.3) is 0 Å². The van der Waals surface area contributed by atoms with Gasteiger partial charge in [-0.2, -0.15) is 12.6 Å². The highest BCUT2D eigenvalue weighted by Gasteiger charge is 2.36. The summed E-state index contributed by atoms with van der Waals surface area (Å²) in [6, 6.07) is 18.1. The molecular formula is C21H27NOS2. The summed E-state index contributed by atoms with van der Waals surface area (Å²) in [4.78, 5) is 16.5. The van der Waals surface area contributed by atoms with E-state index in [-0.39, 0.29) is 10.4 Å². The number of Topliss-reactive ketones (excluding diaryl/α,β-unsaturated/α-hetero) is 1. The van der Waals surface area contributed by atoms with E-state index < -0.39 is 5.54 Å². The van der Waals surface area contributed by atoms with E-state index >= 15 is 0 Å². The molecule has 2 rings (SSSR count). The molecule has 0 spiro atoms. The molecule has 0 aliphatic rings. The quantitative estimate of drug-likeness (QED) is 0.298. The number of ketones is 1. The Morgan fingerprint density at radius 3 is 2.44 bits per heavy atom. The van der Waals surface area contributed by atoms with Crippen LogP contribution in [0.1, 0.15) is 36.2 Å². The summed E-state index contributed by atoms with van der Waals surface area (Å²) in [5.41, 5.74) is 1.34. The fraction of sp³-hybridized carbons (Fsp3) is 0.381. The third-order valence-electron chi connectivity index (χ3n) is 4.58. The summed E-state index contributed by atoms with van der Waals surface area (Å²) in [6.45, 7) is 4.14. The second kappa shape index (κ2) is 8.93. The minimum atomic E-state index is -0.588. The molecule has 0 fully saturated rings. The van der Waals surface area contributed by atoms with E-state index in [4.69, 9.17) is 0 Å². The Morgan fingerprint density at radius 2 is 1.84 bits per heavy atom. The maximum atomic E-state index is 13.3. The second-order valence-electron chi connectivity index (χ2n) is 6.67. The van der Waals surface area contributed by atoms with E-state index in [0.29, 0.717) is 6.42 Å². The summed E-state index contributed by atoms with van der Waals surface area (Å²) in [6.07, 6.45) is 1.66. The van der Waals surface area contributed by atoms with E-state index in [2.05, 4.69) is 31.7 Å². The molecular weight excluding hydrogens is 346 g/mol. The van der Waals surface area contributed by atoms with Crippen LogP contribution < -0.4 is 0 Å². The highest BCUT2D eigenvalue weighted by molar-refractivity contribution is 8.10. The largest absolute Gasteiger partial charge is 0.297 e. The molecule has 0 heterocycles. The molecule has 0 amide bonds. The van der Waals surface area contributed by atoms with Crippen molar-refractivity contribution in [1.82, 2.24) is 4.90 Å². The van der Waals surface area contributed by atoms with Gasteiger partial charge in [-0.1, -0.05) is 49.4 Å². The molecule has 4 heteroatoms. The molecule has 25 heavy (non-hydrogen) atoms. The lowest BCUT2D eigenvalue weighted by molar-refractivity contribution is 0.0719. The van der Waals surface area contributed by atoms with Crippen LogP contribution >= 0.6 is 24.4 Å². The fourth-order valence-electron chi connectivity index (χ4n) is 2.70. The van der Waals surface area contributed by atoms with Crippen molar-refractivity contribution in [2.45, 2.75) is 41.7 Å². The van der Waals surface area contributed by atoms with Gasteiger partial charge in [-0.3, -0.25) is 9.69 Å². The lowest BCUT2D eigenvalue weighted by Crippen LogP contribution is -2.50. The predicted octanol–water partition coefficient (Wildman–Crippen LogP) is 5.19. The Kier molecular flexibility index (Phi) is 7.17. The number of nitrogens with zero attached hydrogens (tertiary/aromatic N) is 1. The van der Waals surface area contributed by atoms with Crippen molar-refractivity contribution < 1.29 is 4.79 Å². The fourth-order valence-corrected chi connectivity index (χ4v) is 3.89. The highest BCUT2D eigenvalue weighted by Crippen LogP contribution is 2.30. The Morgan fingerprint density at radius 1 is 1.16 bits per heavy atom. The third-order valence-corrected chi connectivity index (χ3v) is 6.40. The second-order valence-corrected chi connectivity index (χ2v) is 8.92. The lowest BCUT2D eigenvalue weighted by atomic mass is 9.84. The van der Waals surface area contributed by atoms with Crippen molar-refractivity contribution in [3.05, 3.63) is 65.7 Å². The summed E-state index contributed by atoms with van der Waals surface area (Å²) in [5, 5.41) is 0. The van der Waals surface area contributed by atoms with E-state index in [9.17, 15) is 4.79 Å². The normalized spacial score (nSPS) is 15.0. The molecule has 0 radical (unpaired) electrons. The van der Waals surface area contributed by atoms with Crippen LogP contribution in [0.5, 0.6) is 0 Å². The highest BCUT2D eigenvalue weighted by atomic mass is 32.2. The summed E-state index contributed by atoms with van der Waals surface area (Å²) < 4.78 is 0.245. The first-order valence-electron chi connectivity index (χ1n) is 8.57. The molecule has 0 saturated heterocycles. The number of rotatable bonds is 8. The Bertz CT molecular complexity index is 702. The molecule has 0 N–H and O–H groups in total. The first kappa shape index (κ1) is 20.1. The maximum absolute atomic E-state index is 13.3. The standard InChI is InChI=1S/C21H27NOS2/c1-5-19(24)25-18-13-9-12-17(14-18)20(23)21(2,22(3)4)15-16-10-7-6-8-11-16/h6-14,19,24H,5,15H2,1-4H3. The molecule has 0 saturated carbocycles. The van der Waals surface area contributed by atoms with Crippen LogP contribution in [-0.4, -0.2) is 34.9 Å². The Balaban J connectivity index is 2.29. The van der Waals surface area contributed by atoms with Crippen LogP contribution in [0.2, 0.25) is 0 Å². The van der Waals surface area contributed by atoms with Gasteiger partial charge in [-0.25, -0.2) is 0 Å². The van der Waals surface area contributed by atoms with Gasteiger partial charge in [-0.05, 0) is 51.6 Å². The van der Waals surface area contributed by atoms with Crippen molar-refractivity contribution >= 4 is 30.2 Å². The molecule has 134 valence electrons. The van der Waals surface area contributed by atoms with Crippen molar-refractivity contribution in [3.63, 3.8) is 0 Å². The van der Waals surface area contributed by atoms with E-state index in [0.717, 1.165) is 16.9 Å². The molecule has 0 aliphatic heterocycles. The first-order valence-corrected chi connectivity index (χ1v) is 9.97. The molecule has 2 unspecified atom stereocenters. The van der Waals surface area contributed by atoms with Crippen LogP contribution in [0, 0.1) is 0 Å². The number of hydrogen-bond donors (Lipinski definition) is 1. The molecule has 0 aromatic heterocycles. The summed E-state index contributed by atoms with van der Waals surface area (Å²) in [5.74, 6) is 0.149. The molecule has 2 nitrogen and oxygen atoms in total. The van der Waals surface area contributed by atoms with E-state index in [1.54, 1.807) is 11.8 Å². The predicted molar refractivity (Wildman–Crippen MR) is 112 cm³/mol. The molecule has 0 bridgehead atoms. The number of carbonyl (C=O) groups is 1. The summed E-state index contributed by atoms with van der Waals surface area (Å²) in [7, 11) is 3.94. The third kappa shape index (κ3) is 5.13. The average Bonchev–Trinajstić information content (AvgIpc) is 2.61. The SMILES string of the molecule is CCC(S)Sc1cccc(C(=O)C(C)(Cc2ccccc2)N(C)C)c1. The number of benzene rings is 2. The van der Waals surface area contributed by atoms with Gasteiger partial charge < -0.3 is 0 Å². The number of thiol groups is 1. The number of likely N-dealkylation sites (N-methyl/N-ethyl adjacent to an activating group) is 1. The van der Waals surface area contributed by atoms with Crippen LogP contribution in [-0.2, 0) is 6.42 Å². The zero-order valence-corrected chi connectivity index (χ0v) is 17.1. The monoisotopic (exact) mass is 373 g/mol. The average molecular weight is 374 g/mol. The minimum Gasteiger partial charge on any atom is -0.297 e. The lowest BCUT2D eigenvalue weighted by Gasteiger charge is -2.35. The van der Waals surface area contributed by atoms with Gasteiger partial charge in [0.05, 0.1) is 10.1 Å². The van der Waals surface area contributed by atoms with Gasteiger partial charge in [-0.15, -0.1) is 11.8 Å².